The third-order valence-corrected chi connectivity index (χ3v) is 5.20. The van der Waals surface area contributed by atoms with E-state index in [4.69, 9.17) is 0 Å². The molecule has 0 aliphatic carbocycles. The summed E-state index contributed by atoms with van der Waals surface area (Å²) in [5.41, 5.74) is 0.0822. The van der Waals surface area contributed by atoms with E-state index >= 15 is 0 Å². The van der Waals surface area contributed by atoms with Gasteiger partial charge < -0.3 is 15.5 Å². The average molecular weight is 388 g/mol. The second-order valence-corrected chi connectivity index (χ2v) is 7.28. The van der Waals surface area contributed by atoms with Gasteiger partial charge in [-0.15, -0.1) is 12.4 Å². The lowest BCUT2D eigenvalue weighted by Crippen LogP contribution is -2.44. The van der Waals surface area contributed by atoms with Gasteiger partial charge in [0.2, 0.25) is 11.8 Å². The SMILES string of the molecule is CC1(CNC(=O)C2CC(=O)N(c3ccc(F)cc3F)C2)CCNCC1.Cl. The maximum atomic E-state index is 13.9. The third-order valence-electron chi connectivity index (χ3n) is 5.20. The molecule has 2 aliphatic rings. The number of hydrogen-bond donors (Lipinski definition) is 2. The van der Waals surface area contributed by atoms with Crippen LogP contribution in [0.1, 0.15) is 26.2 Å². The normalized spacial score (nSPS) is 22.0. The van der Waals surface area contributed by atoms with Crippen LogP contribution in [0, 0.1) is 23.0 Å². The minimum atomic E-state index is -0.795. The Balaban J connectivity index is 0.00000243. The molecular formula is C18H24ClF2N3O2. The second kappa shape index (κ2) is 8.31. The minimum absolute atomic E-state index is 0. The Morgan fingerprint density at radius 3 is 2.69 bits per heavy atom. The molecule has 144 valence electrons. The van der Waals surface area contributed by atoms with Crippen molar-refractivity contribution in [2.45, 2.75) is 26.2 Å². The highest BCUT2D eigenvalue weighted by molar-refractivity contribution is 6.00. The van der Waals surface area contributed by atoms with Crippen LogP contribution in [-0.2, 0) is 9.59 Å². The first-order valence-electron chi connectivity index (χ1n) is 8.62. The fourth-order valence-corrected chi connectivity index (χ4v) is 3.47. The lowest BCUT2D eigenvalue weighted by Gasteiger charge is -2.34. The summed E-state index contributed by atoms with van der Waals surface area (Å²) in [5.74, 6) is -2.51. The maximum Gasteiger partial charge on any atom is 0.227 e. The van der Waals surface area contributed by atoms with Crippen molar-refractivity contribution in [1.82, 2.24) is 10.6 Å². The highest BCUT2D eigenvalue weighted by atomic mass is 35.5. The van der Waals surface area contributed by atoms with Gasteiger partial charge in [-0.25, -0.2) is 8.78 Å². The fraction of sp³-hybridized carbons (Fsp3) is 0.556. The summed E-state index contributed by atoms with van der Waals surface area (Å²) in [7, 11) is 0. The molecule has 2 heterocycles. The number of hydrogen-bond acceptors (Lipinski definition) is 3. The fourth-order valence-electron chi connectivity index (χ4n) is 3.47. The zero-order chi connectivity index (χ0) is 18.0. The van der Waals surface area contributed by atoms with Gasteiger partial charge in [0.25, 0.3) is 0 Å². The van der Waals surface area contributed by atoms with Crippen LogP contribution in [0.15, 0.2) is 18.2 Å². The molecule has 5 nitrogen and oxygen atoms in total. The van der Waals surface area contributed by atoms with Crippen LogP contribution < -0.4 is 15.5 Å². The molecule has 0 bridgehead atoms. The van der Waals surface area contributed by atoms with E-state index in [9.17, 15) is 18.4 Å². The molecular weight excluding hydrogens is 364 g/mol. The molecule has 0 saturated carbocycles. The molecule has 0 radical (unpaired) electrons. The van der Waals surface area contributed by atoms with Crippen LogP contribution in [0.3, 0.4) is 0 Å². The lowest BCUT2D eigenvalue weighted by molar-refractivity contribution is -0.126. The molecule has 2 saturated heterocycles. The summed E-state index contributed by atoms with van der Waals surface area (Å²) in [6.07, 6.45) is 2.02. The molecule has 3 rings (SSSR count). The highest BCUT2D eigenvalue weighted by Gasteiger charge is 2.37. The molecule has 0 aromatic heterocycles. The van der Waals surface area contributed by atoms with E-state index in [0.29, 0.717) is 6.54 Å². The van der Waals surface area contributed by atoms with Gasteiger partial charge in [-0.3, -0.25) is 9.59 Å². The summed E-state index contributed by atoms with van der Waals surface area (Å²) >= 11 is 0. The van der Waals surface area contributed by atoms with Gasteiger partial charge in [0.05, 0.1) is 11.6 Å². The van der Waals surface area contributed by atoms with Crippen LogP contribution in [0.2, 0.25) is 0 Å². The first kappa shape index (κ1) is 20.6. The standard InChI is InChI=1S/C18H23F2N3O2.ClH/c1-18(4-6-21-7-5-18)11-22-17(25)12-8-16(24)23(10-12)15-3-2-13(19)9-14(15)20;/h2-3,9,12,21H,4-8,10-11H2,1H3,(H,22,25);1H. The summed E-state index contributed by atoms with van der Waals surface area (Å²) in [4.78, 5) is 25.8. The Kier molecular flexibility index (Phi) is 6.58. The molecule has 1 aromatic carbocycles. The Morgan fingerprint density at radius 2 is 2.04 bits per heavy atom. The number of anilines is 1. The van der Waals surface area contributed by atoms with Crippen molar-refractivity contribution < 1.29 is 18.4 Å². The van der Waals surface area contributed by atoms with E-state index in [1.54, 1.807) is 0 Å². The summed E-state index contributed by atoms with van der Waals surface area (Å²) < 4.78 is 26.9. The highest BCUT2D eigenvalue weighted by Crippen LogP contribution is 2.29. The van der Waals surface area contributed by atoms with E-state index in [2.05, 4.69) is 17.6 Å². The van der Waals surface area contributed by atoms with Crippen molar-refractivity contribution in [1.29, 1.82) is 0 Å². The Morgan fingerprint density at radius 1 is 1.35 bits per heavy atom. The lowest BCUT2D eigenvalue weighted by atomic mass is 9.81. The monoisotopic (exact) mass is 387 g/mol. The van der Waals surface area contributed by atoms with E-state index in [1.165, 1.54) is 11.0 Å². The summed E-state index contributed by atoms with van der Waals surface area (Å²) in [6, 6.07) is 3.09. The summed E-state index contributed by atoms with van der Waals surface area (Å²) in [6.45, 7) is 4.71. The van der Waals surface area contributed by atoms with Crippen molar-refractivity contribution in [3.05, 3.63) is 29.8 Å². The number of carbonyl (C=O) groups excluding carboxylic acids is 2. The van der Waals surface area contributed by atoms with Crippen LogP contribution in [0.4, 0.5) is 14.5 Å². The molecule has 2 aliphatic heterocycles. The molecule has 8 heteroatoms. The van der Waals surface area contributed by atoms with Gasteiger partial charge >= 0.3 is 0 Å². The average Bonchev–Trinajstić information content (AvgIpc) is 2.95. The topological polar surface area (TPSA) is 61.4 Å². The Hall–Kier alpha value is -1.73. The number of amides is 2. The predicted octanol–water partition coefficient (Wildman–Crippen LogP) is 2.25. The minimum Gasteiger partial charge on any atom is -0.355 e. The van der Waals surface area contributed by atoms with Crippen molar-refractivity contribution in [2.24, 2.45) is 11.3 Å². The Bertz CT molecular complexity index is 680. The van der Waals surface area contributed by atoms with Crippen molar-refractivity contribution in [3.8, 4) is 0 Å². The largest absolute Gasteiger partial charge is 0.355 e. The van der Waals surface area contributed by atoms with Gasteiger partial charge in [-0.05, 0) is 43.5 Å². The quantitative estimate of drug-likeness (QED) is 0.833. The van der Waals surface area contributed by atoms with Gasteiger partial charge in [0, 0.05) is 25.6 Å². The number of piperidine rings is 1. The zero-order valence-corrected chi connectivity index (χ0v) is 15.5. The Labute approximate surface area is 157 Å². The van der Waals surface area contributed by atoms with Crippen LogP contribution >= 0.6 is 12.4 Å². The molecule has 26 heavy (non-hydrogen) atoms. The van der Waals surface area contributed by atoms with Crippen LogP contribution in [0.5, 0.6) is 0 Å². The van der Waals surface area contributed by atoms with Crippen LogP contribution in [-0.4, -0.2) is 38.0 Å². The summed E-state index contributed by atoms with van der Waals surface area (Å²) in [5, 5.41) is 6.25. The molecule has 1 atom stereocenters. The van der Waals surface area contributed by atoms with Crippen molar-refractivity contribution >= 4 is 29.9 Å². The smallest absolute Gasteiger partial charge is 0.227 e. The number of benzene rings is 1. The first-order chi connectivity index (χ1) is 11.9. The van der Waals surface area contributed by atoms with Gasteiger partial charge in [-0.1, -0.05) is 6.92 Å². The van der Waals surface area contributed by atoms with Gasteiger partial charge in [0.1, 0.15) is 11.6 Å². The van der Waals surface area contributed by atoms with Crippen LogP contribution in [0.25, 0.3) is 0 Å². The number of nitrogens with zero attached hydrogens (tertiary/aromatic N) is 1. The predicted molar refractivity (Wildman–Crippen MR) is 97.3 cm³/mol. The van der Waals surface area contributed by atoms with Crippen molar-refractivity contribution in [3.63, 3.8) is 0 Å². The van der Waals surface area contributed by atoms with E-state index in [0.717, 1.165) is 38.1 Å². The maximum absolute atomic E-state index is 13.9. The van der Waals surface area contributed by atoms with Gasteiger partial charge in [0.15, 0.2) is 0 Å². The third kappa shape index (κ3) is 4.51. The number of carbonyl (C=O) groups is 2. The van der Waals surface area contributed by atoms with E-state index in [-0.39, 0.29) is 48.3 Å². The van der Waals surface area contributed by atoms with E-state index < -0.39 is 17.6 Å². The van der Waals surface area contributed by atoms with Gasteiger partial charge in [-0.2, -0.15) is 0 Å². The number of halogens is 3. The number of rotatable bonds is 4. The molecule has 1 aromatic rings. The molecule has 2 amide bonds. The first-order valence-corrected chi connectivity index (χ1v) is 8.62. The second-order valence-electron chi connectivity index (χ2n) is 7.28. The molecule has 1 unspecified atom stereocenters. The van der Waals surface area contributed by atoms with Crippen molar-refractivity contribution in [2.75, 3.05) is 31.1 Å². The number of nitrogens with one attached hydrogen (secondary N) is 2. The zero-order valence-electron chi connectivity index (χ0n) is 14.7. The molecule has 2 N–H and O–H groups in total. The molecule has 2 fully saturated rings. The molecule has 0 spiro atoms. The van der Waals surface area contributed by atoms with E-state index in [1.807, 2.05) is 0 Å².